The van der Waals surface area contributed by atoms with Crippen molar-refractivity contribution in [1.82, 2.24) is 0 Å². The lowest BCUT2D eigenvalue weighted by atomic mass is 10.1. The van der Waals surface area contributed by atoms with E-state index < -0.39 is 47.9 Å². The van der Waals surface area contributed by atoms with Gasteiger partial charge in [-0.05, 0) is 54.6 Å². The number of benzene rings is 3. The Labute approximate surface area is 210 Å². The van der Waals surface area contributed by atoms with E-state index in [9.17, 15) is 31.0 Å². The normalized spacial score (nSPS) is 11.7. The fourth-order valence-corrected chi connectivity index (χ4v) is 6.47. The minimum Gasteiger partial charge on any atom is -0.478 e. The molecule has 0 heterocycles. The van der Waals surface area contributed by atoms with Gasteiger partial charge in [-0.2, -0.15) is 8.42 Å². The molecular formula is C22H18ClNO8S3. The number of para-hydroxylation sites is 1. The zero-order valence-corrected chi connectivity index (χ0v) is 20.9. The largest absolute Gasteiger partial charge is 0.478 e. The molecule has 0 aliphatic carbocycles. The summed E-state index contributed by atoms with van der Waals surface area (Å²) >= 11 is 6.96. The summed E-state index contributed by atoms with van der Waals surface area (Å²) in [5.74, 6) is -2.37. The summed E-state index contributed by atoms with van der Waals surface area (Å²) in [5, 5.41) is 12.0. The summed E-state index contributed by atoms with van der Waals surface area (Å²) in [6.45, 7) is 0. The molecule has 0 unspecified atom stereocenters. The van der Waals surface area contributed by atoms with Crippen LogP contribution in [0, 0.1) is 0 Å². The molecule has 184 valence electrons. The second-order valence-electron chi connectivity index (χ2n) is 7.06. The van der Waals surface area contributed by atoms with Crippen molar-refractivity contribution in [1.29, 1.82) is 0 Å². The van der Waals surface area contributed by atoms with Gasteiger partial charge in [-0.15, -0.1) is 11.8 Å². The Bertz CT molecular complexity index is 1490. The average Bonchev–Trinajstić information content (AvgIpc) is 2.79. The number of rotatable bonds is 9. The SMILES string of the molecule is O=C(O)c1ccc(C(=O)Nc2ccccc2SCCS(=O)(=O)c2ccc(Cl)cc2)c(S(=O)(=O)O)c1. The highest BCUT2D eigenvalue weighted by atomic mass is 35.5. The molecule has 13 heteroatoms. The molecule has 3 aromatic carbocycles. The second kappa shape index (κ2) is 10.8. The van der Waals surface area contributed by atoms with Crippen molar-refractivity contribution in [2.45, 2.75) is 14.7 Å². The van der Waals surface area contributed by atoms with Gasteiger partial charge in [0.05, 0.1) is 27.5 Å². The molecule has 0 aromatic heterocycles. The van der Waals surface area contributed by atoms with Crippen LogP contribution >= 0.6 is 23.4 Å². The van der Waals surface area contributed by atoms with Gasteiger partial charge in [0.25, 0.3) is 16.0 Å². The van der Waals surface area contributed by atoms with E-state index in [1.54, 1.807) is 18.2 Å². The predicted molar refractivity (Wildman–Crippen MR) is 132 cm³/mol. The molecule has 3 rings (SSSR count). The number of carboxylic acid groups (broad SMARTS) is 1. The first kappa shape index (κ1) is 26.7. The molecule has 9 nitrogen and oxygen atoms in total. The van der Waals surface area contributed by atoms with Crippen LogP contribution in [0.2, 0.25) is 5.02 Å². The van der Waals surface area contributed by atoms with Gasteiger partial charge >= 0.3 is 5.97 Å². The zero-order chi connectivity index (χ0) is 25.8. The first-order valence-corrected chi connectivity index (χ1v) is 14.2. The van der Waals surface area contributed by atoms with Crippen LogP contribution in [0.3, 0.4) is 0 Å². The third-order valence-corrected chi connectivity index (χ3v) is 8.88. The number of hydrogen-bond donors (Lipinski definition) is 3. The maximum Gasteiger partial charge on any atom is 0.335 e. The molecule has 0 atom stereocenters. The number of thioether (sulfide) groups is 1. The number of anilines is 1. The van der Waals surface area contributed by atoms with Crippen molar-refractivity contribution < 1.29 is 36.1 Å². The summed E-state index contributed by atoms with van der Waals surface area (Å²) in [7, 11) is -8.47. The Morgan fingerprint density at radius 2 is 1.60 bits per heavy atom. The molecule has 35 heavy (non-hydrogen) atoms. The van der Waals surface area contributed by atoms with Crippen LogP contribution in [0.1, 0.15) is 20.7 Å². The lowest BCUT2D eigenvalue weighted by Gasteiger charge is -2.13. The van der Waals surface area contributed by atoms with E-state index in [4.69, 9.17) is 16.7 Å². The van der Waals surface area contributed by atoms with Crippen molar-refractivity contribution in [3.8, 4) is 0 Å². The molecule has 0 aliphatic rings. The van der Waals surface area contributed by atoms with Crippen molar-refractivity contribution in [2.75, 3.05) is 16.8 Å². The van der Waals surface area contributed by atoms with Gasteiger partial charge in [0.15, 0.2) is 9.84 Å². The van der Waals surface area contributed by atoms with Crippen LogP contribution < -0.4 is 5.32 Å². The molecule has 0 radical (unpaired) electrons. The fourth-order valence-electron chi connectivity index (χ4n) is 2.96. The molecule has 0 aliphatic heterocycles. The number of hydrogen-bond acceptors (Lipinski definition) is 7. The Kier molecular flexibility index (Phi) is 8.23. The Hall–Kier alpha value is -2.90. The van der Waals surface area contributed by atoms with Crippen LogP contribution in [0.4, 0.5) is 5.69 Å². The van der Waals surface area contributed by atoms with Crippen molar-refractivity contribution >= 4 is 60.9 Å². The van der Waals surface area contributed by atoms with Crippen LogP contribution in [0.5, 0.6) is 0 Å². The third kappa shape index (κ3) is 6.83. The monoisotopic (exact) mass is 555 g/mol. The molecule has 3 aromatic rings. The minimum atomic E-state index is -4.90. The highest BCUT2D eigenvalue weighted by Gasteiger charge is 2.23. The van der Waals surface area contributed by atoms with Crippen LogP contribution in [0.25, 0.3) is 0 Å². The molecule has 1 amide bonds. The fraction of sp³-hybridized carbons (Fsp3) is 0.0909. The summed E-state index contributed by atoms with van der Waals surface area (Å²) in [6, 6.07) is 15.0. The molecule has 3 N–H and O–H groups in total. The second-order valence-corrected chi connectivity index (χ2v) is 12.1. The standard InChI is InChI=1S/C22H18ClNO8S3/c23-15-6-8-16(9-7-15)34(28,29)12-11-33-19-4-2-1-3-18(19)24-21(25)17-10-5-14(22(26)27)13-20(17)35(30,31)32/h1-10,13H,11-12H2,(H,24,25)(H,26,27)(H,30,31,32). The van der Waals surface area contributed by atoms with E-state index >= 15 is 0 Å². The Morgan fingerprint density at radius 3 is 2.23 bits per heavy atom. The number of nitrogens with one attached hydrogen (secondary N) is 1. The van der Waals surface area contributed by atoms with Crippen LogP contribution in [-0.4, -0.2) is 49.9 Å². The maximum atomic E-state index is 12.8. The van der Waals surface area contributed by atoms with E-state index in [0.717, 1.165) is 23.9 Å². The average molecular weight is 556 g/mol. The molecule has 0 saturated carbocycles. The van der Waals surface area contributed by atoms with Gasteiger partial charge in [0.1, 0.15) is 4.90 Å². The number of amides is 1. The summed E-state index contributed by atoms with van der Waals surface area (Å²) in [5.41, 5.74) is -0.607. The number of halogens is 1. The van der Waals surface area contributed by atoms with E-state index in [1.807, 2.05) is 0 Å². The van der Waals surface area contributed by atoms with Crippen LogP contribution in [0.15, 0.2) is 81.4 Å². The minimum absolute atomic E-state index is 0.131. The molecular weight excluding hydrogens is 538 g/mol. The number of aromatic carboxylic acids is 1. The molecule has 0 fully saturated rings. The van der Waals surface area contributed by atoms with Crippen molar-refractivity contribution in [3.63, 3.8) is 0 Å². The third-order valence-electron chi connectivity index (χ3n) is 4.67. The van der Waals surface area contributed by atoms with Crippen LogP contribution in [-0.2, 0) is 20.0 Å². The Morgan fingerprint density at radius 1 is 0.943 bits per heavy atom. The van der Waals surface area contributed by atoms with Gasteiger partial charge in [0, 0.05) is 15.7 Å². The lowest BCUT2D eigenvalue weighted by Crippen LogP contribution is -2.17. The van der Waals surface area contributed by atoms with Gasteiger partial charge in [0.2, 0.25) is 0 Å². The van der Waals surface area contributed by atoms with E-state index in [0.29, 0.717) is 16.0 Å². The van der Waals surface area contributed by atoms with Gasteiger partial charge in [-0.25, -0.2) is 13.2 Å². The molecule has 0 spiro atoms. The quantitative estimate of drug-likeness (QED) is 0.261. The van der Waals surface area contributed by atoms with Crippen molar-refractivity contribution in [3.05, 3.63) is 82.9 Å². The highest BCUT2D eigenvalue weighted by molar-refractivity contribution is 8.00. The summed E-state index contributed by atoms with van der Waals surface area (Å²) in [4.78, 5) is 23.8. The smallest absolute Gasteiger partial charge is 0.335 e. The first-order valence-electron chi connectivity index (χ1n) is 9.75. The summed E-state index contributed by atoms with van der Waals surface area (Å²) < 4.78 is 58.0. The highest BCUT2D eigenvalue weighted by Crippen LogP contribution is 2.29. The molecule has 0 saturated heterocycles. The number of carboxylic acids is 1. The van der Waals surface area contributed by atoms with E-state index in [-0.39, 0.29) is 22.1 Å². The number of carbonyl (C=O) groups is 2. The number of sulfone groups is 1. The predicted octanol–water partition coefficient (Wildman–Crippen LogP) is 4.10. The first-order chi connectivity index (χ1) is 16.4. The van der Waals surface area contributed by atoms with Gasteiger partial charge in [-0.3, -0.25) is 9.35 Å². The molecule has 0 bridgehead atoms. The topological polar surface area (TPSA) is 155 Å². The number of carbonyl (C=O) groups excluding carboxylic acids is 1. The Balaban J connectivity index is 1.78. The van der Waals surface area contributed by atoms with E-state index in [2.05, 4.69) is 5.32 Å². The van der Waals surface area contributed by atoms with Gasteiger partial charge < -0.3 is 10.4 Å². The van der Waals surface area contributed by atoms with Crippen molar-refractivity contribution in [2.24, 2.45) is 0 Å². The van der Waals surface area contributed by atoms with Gasteiger partial charge in [-0.1, -0.05) is 23.7 Å². The zero-order valence-electron chi connectivity index (χ0n) is 17.7. The summed E-state index contributed by atoms with van der Waals surface area (Å²) in [6.07, 6.45) is 0. The maximum absolute atomic E-state index is 12.8. The van der Waals surface area contributed by atoms with E-state index in [1.165, 1.54) is 30.3 Å². The lowest BCUT2D eigenvalue weighted by molar-refractivity contribution is 0.0696.